The Balaban J connectivity index is 3.48. The molecule has 0 atom stereocenters. The third-order valence-corrected chi connectivity index (χ3v) is 3.64. The number of allylic oxidation sites excluding steroid dienone is 6. The van der Waals surface area contributed by atoms with Gasteiger partial charge >= 0.3 is 5.97 Å². The Kier molecular flexibility index (Phi) is 15.7. The summed E-state index contributed by atoms with van der Waals surface area (Å²) in [7, 11) is 0. The quantitative estimate of drug-likeness (QED) is 0.160. The van der Waals surface area contributed by atoms with E-state index in [1.807, 2.05) is 6.08 Å². The Hall–Kier alpha value is -1.51. The van der Waals surface area contributed by atoms with Crippen LogP contribution in [0, 0.1) is 0 Å². The van der Waals surface area contributed by atoms with Crippen molar-refractivity contribution in [3.8, 4) is 0 Å². The van der Waals surface area contributed by atoms with Crippen molar-refractivity contribution in [1.29, 1.82) is 0 Å². The van der Waals surface area contributed by atoms with Gasteiger partial charge in [-0.15, -0.1) is 0 Å². The van der Waals surface area contributed by atoms with Crippen LogP contribution in [0.1, 0.15) is 84.0 Å². The number of carbonyl (C=O) groups is 1. The summed E-state index contributed by atoms with van der Waals surface area (Å²) in [6.07, 6.45) is 21.8. The van der Waals surface area contributed by atoms with Crippen LogP contribution in [0.2, 0.25) is 0 Å². The molecule has 3 heteroatoms. The fourth-order valence-corrected chi connectivity index (χ4v) is 2.23. The van der Waals surface area contributed by atoms with Gasteiger partial charge < -0.3 is 10.2 Å². The number of carboxylic acid groups (broad SMARTS) is 1. The molecule has 2 N–H and O–H groups in total. The van der Waals surface area contributed by atoms with E-state index in [-0.39, 0.29) is 6.42 Å². The molecular weight excluding hydrogens is 288 g/mol. The summed E-state index contributed by atoms with van der Waals surface area (Å²) in [6.45, 7) is 2.20. The van der Waals surface area contributed by atoms with E-state index in [2.05, 4.69) is 25.2 Å². The molecule has 0 radical (unpaired) electrons. The monoisotopic (exact) mass is 322 g/mol. The van der Waals surface area contributed by atoms with E-state index >= 15 is 0 Å². The molecule has 0 saturated carbocycles. The smallest absolute Gasteiger partial charge is 0.303 e. The van der Waals surface area contributed by atoms with Gasteiger partial charge in [0.15, 0.2) is 0 Å². The van der Waals surface area contributed by atoms with Crippen molar-refractivity contribution < 1.29 is 15.0 Å². The maximum absolute atomic E-state index is 10.3. The van der Waals surface area contributed by atoms with Crippen molar-refractivity contribution >= 4 is 5.97 Å². The second-order valence-electron chi connectivity index (χ2n) is 5.94. The summed E-state index contributed by atoms with van der Waals surface area (Å²) in [4.78, 5) is 10.3. The first-order valence-electron chi connectivity index (χ1n) is 9.08. The third kappa shape index (κ3) is 18.4. The highest BCUT2D eigenvalue weighted by atomic mass is 16.4. The minimum Gasteiger partial charge on any atom is -0.512 e. The predicted octanol–water partition coefficient (Wildman–Crippen LogP) is 6.33. The third-order valence-electron chi connectivity index (χ3n) is 3.64. The predicted molar refractivity (Wildman–Crippen MR) is 97.7 cm³/mol. The molecule has 0 aromatic rings. The summed E-state index contributed by atoms with van der Waals surface area (Å²) < 4.78 is 0. The van der Waals surface area contributed by atoms with Crippen LogP contribution in [0.3, 0.4) is 0 Å². The van der Waals surface area contributed by atoms with Crippen LogP contribution in [-0.2, 0) is 4.79 Å². The summed E-state index contributed by atoms with van der Waals surface area (Å²) in [5, 5.41) is 18.2. The van der Waals surface area contributed by atoms with E-state index in [4.69, 9.17) is 5.11 Å². The number of aliphatic hydroxyl groups is 1. The number of unbranched alkanes of at least 4 members (excludes halogenated alkanes) is 7. The van der Waals surface area contributed by atoms with Gasteiger partial charge in [0.2, 0.25) is 0 Å². The second-order valence-corrected chi connectivity index (χ2v) is 5.94. The zero-order chi connectivity index (χ0) is 17.2. The molecule has 0 bridgehead atoms. The van der Waals surface area contributed by atoms with E-state index in [1.165, 1.54) is 19.3 Å². The minimum absolute atomic E-state index is 0.286. The molecule has 0 unspecified atom stereocenters. The van der Waals surface area contributed by atoms with Crippen LogP contribution in [0.25, 0.3) is 0 Å². The van der Waals surface area contributed by atoms with Gasteiger partial charge in [-0.05, 0) is 44.6 Å². The van der Waals surface area contributed by atoms with Crippen LogP contribution in [-0.4, -0.2) is 16.2 Å². The molecule has 3 nitrogen and oxygen atoms in total. The highest BCUT2D eigenvalue weighted by Crippen LogP contribution is 2.08. The highest BCUT2D eigenvalue weighted by molar-refractivity contribution is 5.66. The van der Waals surface area contributed by atoms with Gasteiger partial charge in [0.1, 0.15) is 0 Å². The van der Waals surface area contributed by atoms with Gasteiger partial charge in [0.25, 0.3) is 0 Å². The topological polar surface area (TPSA) is 57.5 Å². The van der Waals surface area contributed by atoms with E-state index in [1.54, 1.807) is 6.08 Å². The average Bonchev–Trinajstić information content (AvgIpc) is 2.52. The molecule has 0 aliphatic rings. The van der Waals surface area contributed by atoms with Gasteiger partial charge in [-0.2, -0.15) is 0 Å². The van der Waals surface area contributed by atoms with Crippen molar-refractivity contribution in [1.82, 2.24) is 0 Å². The maximum Gasteiger partial charge on any atom is 0.303 e. The zero-order valence-corrected chi connectivity index (χ0v) is 14.7. The number of carboxylic acids is 1. The Labute approximate surface area is 141 Å². The highest BCUT2D eigenvalue weighted by Gasteiger charge is 1.95. The Morgan fingerprint density at radius 1 is 0.783 bits per heavy atom. The van der Waals surface area contributed by atoms with Gasteiger partial charge in [0.05, 0.1) is 5.76 Å². The van der Waals surface area contributed by atoms with Crippen LogP contribution >= 0.6 is 0 Å². The number of aliphatic hydroxyl groups excluding tert-OH is 1. The normalized spacial score (nSPS) is 12.5. The minimum atomic E-state index is -0.700. The molecule has 0 aromatic carbocycles. The lowest BCUT2D eigenvalue weighted by Gasteiger charge is -1.97. The standard InChI is InChI=1S/C20H34O3/c1-2-3-4-5-10-13-16-19(21)17-14-11-8-6-7-9-12-15-18-20(22)23/h8,10-11,13,16,21H,2-7,9,12,14-15,17-18H2,1H3,(H,22,23)/b11-8-,13-10-,19-16-. The van der Waals surface area contributed by atoms with Crippen molar-refractivity contribution in [2.24, 2.45) is 0 Å². The zero-order valence-electron chi connectivity index (χ0n) is 14.7. The van der Waals surface area contributed by atoms with Crippen LogP contribution in [0.5, 0.6) is 0 Å². The van der Waals surface area contributed by atoms with E-state index in [0.29, 0.717) is 12.2 Å². The second kappa shape index (κ2) is 16.9. The molecule has 0 spiro atoms. The number of hydrogen-bond acceptors (Lipinski definition) is 2. The van der Waals surface area contributed by atoms with E-state index < -0.39 is 5.97 Å². The SMILES string of the molecule is CCCCC/C=C\C=C(/O)CC/C=C\CCCCCCC(=O)O. The molecule has 23 heavy (non-hydrogen) atoms. The van der Waals surface area contributed by atoms with Gasteiger partial charge in [-0.1, -0.05) is 56.9 Å². The lowest BCUT2D eigenvalue weighted by molar-refractivity contribution is -0.137. The summed E-state index contributed by atoms with van der Waals surface area (Å²) in [6, 6.07) is 0. The van der Waals surface area contributed by atoms with Crippen LogP contribution < -0.4 is 0 Å². The molecule has 0 aromatic heterocycles. The molecule has 0 aliphatic carbocycles. The largest absolute Gasteiger partial charge is 0.512 e. The fourth-order valence-electron chi connectivity index (χ4n) is 2.23. The first kappa shape index (κ1) is 21.5. The van der Waals surface area contributed by atoms with Crippen LogP contribution in [0.15, 0.2) is 36.1 Å². The molecule has 0 rings (SSSR count). The summed E-state index contributed by atoms with van der Waals surface area (Å²) in [5.74, 6) is -0.261. The summed E-state index contributed by atoms with van der Waals surface area (Å²) in [5.41, 5.74) is 0. The maximum atomic E-state index is 10.3. The molecular formula is C20H34O3. The Morgan fingerprint density at radius 2 is 1.43 bits per heavy atom. The molecule has 132 valence electrons. The molecule has 0 heterocycles. The van der Waals surface area contributed by atoms with E-state index in [0.717, 1.165) is 44.9 Å². The van der Waals surface area contributed by atoms with Crippen molar-refractivity contribution in [3.63, 3.8) is 0 Å². The number of aliphatic carboxylic acids is 1. The number of rotatable bonds is 15. The van der Waals surface area contributed by atoms with Crippen molar-refractivity contribution in [3.05, 3.63) is 36.1 Å². The van der Waals surface area contributed by atoms with Gasteiger partial charge in [0, 0.05) is 12.8 Å². The Bertz CT molecular complexity index is 367. The van der Waals surface area contributed by atoms with Crippen molar-refractivity contribution in [2.75, 3.05) is 0 Å². The van der Waals surface area contributed by atoms with Gasteiger partial charge in [-0.3, -0.25) is 4.79 Å². The molecule has 0 fully saturated rings. The first-order valence-corrected chi connectivity index (χ1v) is 9.08. The van der Waals surface area contributed by atoms with Gasteiger partial charge in [-0.25, -0.2) is 0 Å². The van der Waals surface area contributed by atoms with Crippen LogP contribution in [0.4, 0.5) is 0 Å². The average molecular weight is 322 g/mol. The summed E-state index contributed by atoms with van der Waals surface area (Å²) >= 11 is 0. The molecule has 0 saturated heterocycles. The first-order chi connectivity index (χ1) is 11.2. The van der Waals surface area contributed by atoms with Crippen molar-refractivity contribution in [2.45, 2.75) is 84.0 Å². The van der Waals surface area contributed by atoms with E-state index in [9.17, 15) is 9.90 Å². The molecule has 0 aliphatic heterocycles. The lowest BCUT2D eigenvalue weighted by atomic mass is 10.1. The molecule has 0 amide bonds. The Morgan fingerprint density at radius 3 is 2.17 bits per heavy atom. The number of hydrogen-bond donors (Lipinski definition) is 2. The fraction of sp³-hybridized carbons (Fsp3) is 0.650. The lowest BCUT2D eigenvalue weighted by Crippen LogP contribution is -1.93.